The fourth-order valence-electron chi connectivity index (χ4n) is 2.46. The molecule has 1 aromatic heterocycles. The molecule has 1 amide bonds. The summed E-state index contributed by atoms with van der Waals surface area (Å²) in [5.41, 5.74) is 3.97. The van der Waals surface area contributed by atoms with Gasteiger partial charge in [-0.15, -0.1) is 0 Å². The number of amides is 1. The summed E-state index contributed by atoms with van der Waals surface area (Å²) in [4.78, 5) is 14.1. The van der Waals surface area contributed by atoms with Crippen molar-refractivity contribution in [1.29, 1.82) is 0 Å². The lowest BCUT2D eigenvalue weighted by molar-refractivity contribution is 0.0767. The highest BCUT2D eigenvalue weighted by molar-refractivity contribution is 5.93. The Labute approximate surface area is 118 Å². The average molecular weight is 267 g/mol. The third kappa shape index (κ3) is 2.50. The second-order valence-corrected chi connectivity index (χ2v) is 5.03. The molecule has 2 aromatic rings. The van der Waals surface area contributed by atoms with Crippen LogP contribution in [0.3, 0.4) is 0 Å². The van der Waals surface area contributed by atoms with Crippen molar-refractivity contribution in [3.05, 3.63) is 59.4 Å². The highest BCUT2D eigenvalue weighted by Crippen LogP contribution is 2.22. The minimum atomic E-state index is -0.00212. The van der Waals surface area contributed by atoms with Gasteiger partial charge in [-0.2, -0.15) is 5.10 Å². The number of hydrogen-bond donors (Lipinski definition) is 1. The summed E-state index contributed by atoms with van der Waals surface area (Å²) >= 11 is 0. The quantitative estimate of drug-likeness (QED) is 0.909. The summed E-state index contributed by atoms with van der Waals surface area (Å²) in [5, 5.41) is 6.84. The predicted molar refractivity (Wildman–Crippen MR) is 78.3 cm³/mol. The van der Waals surface area contributed by atoms with Gasteiger partial charge in [-0.05, 0) is 30.5 Å². The van der Waals surface area contributed by atoms with Crippen LogP contribution in [-0.4, -0.2) is 34.1 Å². The van der Waals surface area contributed by atoms with Gasteiger partial charge in [0.1, 0.15) is 5.69 Å². The lowest BCUT2D eigenvalue weighted by atomic mass is 9.99. The zero-order valence-electron chi connectivity index (χ0n) is 11.5. The number of aryl methyl sites for hydroxylation is 1. The number of aromatic amines is 1. The zero-order chi connectivity index (χ0) is 13.9. The van der Waals surface area contributed by atoms with Gasteiger partial charge in [-0.25, -0.2) is 0 Å². The van der Waals surface area contributed by atoms with Crippen LogP contribution in [0, 0.1) is 6.92 Å². The normalized spacial score (nSPS) is 15.1. The maximum Gasteiger partial charge on any atom is 0.274 e. The number of benzene rings is 1. The number of nitrogens with zero attached hydrogens (tertiary/aromatic N) is 2. The van der Waals surface area contributed by atoms with Crippen molar-refractivity contribution < 1.29 is 4.79 Å². The number of H-pyrrole nitrogens is 1. The molecule has 0 unspecified atom stereocenters. The molecule has 0 spiro atoms. The van der Waals surface area contributed by atoms with Gasteiger partial charge in [0.2, 0.25) is 0 Å². The Morgan fingerprint density at radius 1 is 1.30 bits per heavy atom. The third-order valence-corrected chi connectivity index (χ3v) is 3.57. The van der Waals surface area contributed by atoms with Crippen molar-refractivity contribution >= 4 is 11.5 Å². The summed E-state index contributed by atoms with van der Waals surface area (Å²) in [6.45, 7) is 3.29. The fourth-order valence-corrected chi connectivity index (χ4v) is 2.46. The Balaban J connectivity index is 1.72. The lowest BCUT2D eigenvalue weighted by Crippen LogP contribution is -2.34. The molecule has 1 aliphatic heterocycles. The first kappa shape index (κ1) is 12.7. The minimum Gasteiger partial charge on any atom is -0.333 e. The molecule has 0 bridgehead atoms. The van der Waals surface area contributed by atoms with Gasteiger partial charge in [0.25, 0.3) is 5.91 Å². The number of nitrogens with one attached hydrogen (secondary N) is 1. The van der Waals surface area contributed by atoms with Crippen molar-refractivity contribution in [2.45, 2.75) is 13.3 Å². The van der Waals surface area contributed by atoms with Crippen molar-refractivity contribution in [2.75, 3.05) is 13.1 Å². The van der Waals surface area contributed by atoms with E-state index in [1.807, 2.05) is 30.0 Å². The Morgan fingerprint density at radius 2 is 2.10 bits per heavy atom. The predicted octanol–water partition coefficient (Wildman–Crippen LogP) is 2.65. The van der Waals surface area contributed by atoms with Gasteiger partial charge in [0.05, 0.1) is 0 Å². The molecule has 0 fully saturated rings. The van der Waals surface area contributed by atoms with Crippen LogP contribution in [0.25, 0.3) is 5.57 Å². The molecule has 0 atom stereocenters. The minimum absolute atomic E-state index is 0.00212. The van der Waals surface area contributed by atoms with E-state index in [4.69, 9.17) is 0 Å². The standard InChI is InChI=1S/C16H17N3O/c1-12-11-15(18-17-12)16(20)19-9-7-14(8-10-19)13-5-3-2-4-6-13/h2-7,11H,8-10H2,1H3,(H,17,18). The summed E-state index contributed by atoms with van der Waals surface area (Å²) in [5.74, 6) is -0.00212. The molecule has 1 N–H and O–H groups in total. The number of rotatable bonds is 2. The molecule has 1 aliphatic rings. The SMILES string of the molecule is Cc1cc(C(=O)N2CC=C(c3ccccc3)CC2)n[nH]1. The molecule has 4 nitrogen and oxygen atoms in total. The van der Waals surface area contributed by atoms with Gasteiger partial charge in [0, 0.05) is 18.8 Å². The van der Waals surface area contributed by atoms with E-state index in [-0.39, 0.29) is 5.91 Å². The second-order valence-electron chi connectivity index (χ2n) is 5.03. The van der Waals surface area contributed by atoms with Crippen molar-refractivity contribution in [3.8, 4) is 0 Å². The molecular formula is C16H17N3O. The van der Waals surface area contributed by atoms with Crippen molar-refractivity contribution in [2.24, 2.45) is 0 Å². The van der Waals surface area contributed by atoms with E-state index in [0.717, 1.165) is 18.7 Å². The number of aromatic nitrogens is 2. The van der Waals surface area contributed by atoms with Crippen molar-refractivity contribution in [1.82, 2.24) is 15.1 Å². The van der Waals surface area contributed by atoms with Gasteiger partial charge in [-0.3, -0.25) is 9.89 Å². The zero-order valence-corrected chi connectivity index (χ0v) is 11.5. The van der Waals surface area contributed by atoms with Crippen molar-refractivity contribution in [3.63, 3.8) is 0 Å². The van der Waals surface area contributed by atoms with Crippen LogP contribution in [0.15, 0.2) is 42.5 Å². The lowest BCUT2D eigenvalue weighted by Gasteiger charge is -2.26. The molecule has 0 saturated carbocycles. The first-order valence-corrected chi connectivity index (χ1v) is 6.80. The van der Waals surface area contributed by atoms with Crippen LogP contribution < -0.4 is 0 Å². The van der Waals surface area contributed by atoms with Gasteiger partial charge >= 0.3 is 0 Å². The molecular weight excluding hydrogens is 250 g/mol. The molecule has 20 heavy (non-hydrogen) atoms. The topological polar surface area (TPSA) is 49.0 Å². The highest BCUT2D eigenvalue weighted by atomic mass is 16.2. The highest BCUT2D eigenvalue weighted by Gasteiger charge is 2.20. The Hall–Kier alpha value is -2.36. The molecule has 3 rings (SSSR count). The molecule has 0 saturated heterocycles. The van der Waals surface area contributed by atoms with E-state index in [1.54, 1.807) is 6.07 Å². The summed E-state index contributed by atoms with van der Waals surface area (Å²) in [6.07, 6.45) is 3.02. The monoisotopic (exact) mass is 267 g/mol. The third-order valence-electron chi connectivity index (χ3n) is 3.57. The smallest absolute Gasteiger partial charge is 0.274 e. The molecule has 2 heterocycles. The van der Waals surface area contributed by atoms with Crippen LogP contribution in [0.2, 0.25) is 0 Å². The molecule has 4 heteroatoms. The maximum absolute atomic E-state index is 12.3. The van der Waals surface area contributed by atoms with E-state index in [2.05, 4.69) is 28.4 Å². The van der Waals surface area contributed by atoms with E-state index in [1.165, 1.54) is 11.1 Å². The number of hydrogen-bond acceptors (Lipinski definition) is 2. The van der Waals surface area contributed by atoms with Crippen LogP contribution in [0.4, 0.5) is 0 Å². The second kappa shape index (κ2) is 5.33. The molecule has 0 aliphatic carbocycles. The molecule has 102 valence electrons. The summed E-state index contributed by atoms with van der Waals surface area (Å²) < 4.78 is 0. The Morgan fingerprint density at radius 3 is 2.70 bits per heavy atom. The first-order valence-electron chi connectivity index (χ1n) is 6.80. The van der Waals surface area contributed by atoms with Crippen LogP contribution in [0.5, 0.6) is 0 Å². The number of carbonyl (C=O) groups is 1. The van der Waals surface area contributed by atoms with Gasteiger partial charge < -0.3 is 4.90 Å². The Bertz CT molecular complexity index is 643. The van der Waals surface area contributed by atoms with Crippen LogP contribution in [-0.2, 0) is 0 Å². The number of carbonyl (C=O) groups excluding carboxylic acids is 1. The van der Waals surface area contributed by atoms with E-state index in [0.29, 0.717) is 12.2 Å². The Kier molecular flexibility index (Phi) is 3.37. The van der Waals surface area contributed by atoms with Gasteiger partial charge in [0.15, 0.2) is 0 Å². The van der Waals surface area contributed by atoms with Crippen LogP contribution >= 0.6 is 0 Å². The first-order chi connectivity index (χ1) is 9.74. The van der Waals surface area contributed by atoms with E-state index in [9.17, 15) is 4.79 Å². The summed E-state index contributed by atoms with van der Waals surface area (Å²) in [6, 6.07) is 12.1. The van der Waals surface area contributed by atoms with Gasteiger partial charge in [-0.1, -0.05) is 36.4 Å². The molecule has 1 aromatic carbocycles. The van der Waals surface area contributed by atoms with E-state index >= 15 is 0 Å². The molecule has 0 radical (unpaired) electrons. The van der Waals surface area contributed by atoms with E-state index < -0.39 is 0 Å². The average Bonchev–Trinajstić information content (AvgIpc) is 2.94. The fraction of sp³-hybridized carbons (Fsp3) is 0.250. The van der Waals surface area contributed by atoms with Crippen LogP contribution in [0.1, 0.15) is 28.2 Å². The maximum atomic E-state index is 12.3. The summed E-state index contributed by atoms with van der Waals surface area (Å²) in [7, 11) is 0. The largest absolute Gasteiger partial charge is 0.333 e.